The molecule has 0 unspecified atom stereocenters. The normalized spacial score (nSPS) is 18.9. The minimum absolute atomic E-state index is 0.0257. The molecule has 1 fully saturated rings. The lowest BCUT2D eigenvalue weighted by atomic mass is 9.76. The summed E-state index contributed by atoms with van der Waals surface area (Å²) in [7, 11) is 0.511. The quantitative estimate of drug-likeness (QED) is 0.817. The molecule has 0 amide bonds. The number of likely N-dealkylation sites (N-methyl/N-ethyl adjacent to an activating group) is 1. The van der Waals surface area contributed by atoms with Crippen LogP contribution in [-0.4, -0.2) is 49.5 Å². The largest absolute Gasteiger partial charge is 0.332 e. The molecule has 1 aromatic heterocycles. The van der Waals surface area contributed by atoms with E-state index in [0.717, 1.165) is 19.3 Å². The maximum Gasteiger partial charge on any atom is 0.257 e. The number of aromatic amines is 1. The molecule has 0 saturated heterocycles. The summed E-state index contributed by atoms with van der Waals surface area (Å²) in [5.41, 5.74) is -0.0257. The molecule has 1 aliphatic carbocycles. The van der Waals surface area contributed by atoms with Crippen molar-refractivity contribution in [2.45, 2.75) is 36.8 Å². The Kier molecular flexibility index (Phi) is 3.48. The van der Waals surface area contributed by atoms with Gasteiger partial charge in [-0.25, -0.2) is 18.1 Å². The first kappa shape index (κ1) is 13.5. The Hall–Kier alpha value is -0.920. The highest BCUT2D eigenvalue weighted by molar-refractivity contribution is 7.89. The molecule has 7 heteroatoms. The molecule has 1 saturated carbocycles. The van der Waals surface area contributed by atoms with Crippen molar-refractivity contribution < 1.29 is 8.42 Å². The van der Waals surface area contributed by atoms with E-state index in [2.05, 4.69) is 19.6 Å². The van der Waals surface area contributed by atoms with E-state index in [1.165, 1.54) is 6.20 Å². The van der Waals surface area contributed by atoms with Gasteiger partial charge in [0, 0.05) is 12.1 Å². The number of sulfonamides is 1. The Labute approximate surface area is 108 Å². The van der Waals surface area contributed by atoms with Crippen molar-refractivity contribution in [3.8, 4) is 0 Å². The van der Waals surface area contributed by atoms with Gasteiger partial charge < -0.3 is 9.88 Å². The van der Waals surface area contributed by atoms with Crippen LogP contribution in [0.1, 0.15) is 25.1 Å². The van der Waals surface area contributed by atoms with E-state index in [4.69, 9.17) is 0 Å². The van der Waals surface area contributed by atoms with E-state index in [-0.39, 0.29) is 10.6 Å². The summed E-state index contributed by atoms with van der Waals surface area (Å²) in [5.74, 6) is 0.598. The van der Waals surface area contributed by atoms with Crippen LogP contribution in [-0.2, 0) is 10.0 Å². The Morgan fingerprint density at radius 3 is 2.56 bits per heavy atom. The van der Waals surface area contributed by atoms with Crippen LogP contribution in [0.15, 0.2) is 11.2 Å². The fourth-order valence-corrected chi connectivity index (χ4v) is 3.30. The second-order valence-electron chi connectivity index (χ2n) is 5.13. The van der Waals surface area contributed by atoms with Crippen LogP contribution >= 0.6 is 0 Å². The van der Waals surface area contributed by atoms with Crippen LogP contribution in [0.5, 0.6) is 0 Å². The van der Waals surface area contributed by atoms with E-state index in [1.807, 2.05) is 14.1 Å². The summed E-state index contributed by atoms with van der Waals surface area (Å²) in [6.45, 7) is 2.17. The lowest BCUT2D eigenvalue weighted by molar-refractivity contribution is 0.0656. The minimum atomic E-state index is -3.48. The zero-order chi connectivity index (χ0) is 13.4. The summed E-state index contributed by atoms with van der Waals surface area (Å²) in [5, 5.41) is 0.133. The number of nitrogens with one attached hydrogen (secondary N) is 2. The Morgan fingerprint density at radius 2 is 2.17 bits per heavy atom. The van der Waals surface area contributed by atoms with Crippen LogP contribution in [0.3, 0.4) is 0 Å². The number of aromatic nitrogens is 2. The van der Waals surface area contributed by atoms with E-state index in [1.54, 1.807) is 6.92 Å². The smallest absolute Gasteiger partial charge is 0.257 e. The molecular weight excluding hydrogens is 252 g/mol. The van der Waals surface area contributed by atoms with Gasteiger partial charge in [0.25, 0.3) is 10.0 Å². The topological polar surface area (TPSA) is 78.1 Å². The third-order valence-electron chi connectivity index (χ3n) is 3.79. The number of hydrogen-bond donors (Lipinski definition) is 2. The summed E-state index contributed by atoms with van der Waals surface area (Å²) >= 11 is 0. The van der Waals surface area contributed by atoms with Crippen molar-refractivity contribution in [2.75, 3.05) is 20.6 Å². The Balaban J connectivity index is 2.06. The summed E-state index contributed by atoms with van der Waals surface area (Å²) in [6.07, 6.45) is 4.57. The van der Waals surface area contributed by atoms with Crippen molar-refractivity contribution in [3.63, 3.8) is 0 Å². The van der Waals surface area contributed by atoms with Crippen LogP contribution < -0.4 is 4.72 Å². The van der Waals surface area contributed by atoms with E-state index in [9.17, 15) is 8.42 Å². The summed E-state index contributed by atoms with van der Waals surface area (Å²) < 4.78 is 26.8. The van der Waals surface area contributed by atoms with E-state index in [0.29, 0.717) is 12.4 Å². The molecule has 2 rings (SSSR count). The first-order valence-electron chi connectivity index (χ1n) is 6.04. The third-order valence-corrected chi connectivity index (χ3v) is 5.10. The van der Waals surface area contributed by atoms with Crippen LogP contribution in [0.2, 0.25) is 0 Å². The van der Waals surface area contributed by atoms with Gasteiger partial charge in [0.2, 0.25) is 0 Å². The molecule has 2 N–H and O–H groups in total. The number of aryl methyl sites for hydroxylation is 1. The van der Waals surface area contributed by atoms with Gasteiger partial charge in [-0.2, -0.15) is 0 Å². The zero-order valence-electron chi connectivity index (χ0n) is 11.0. The number of imidazole rings is 1. The van der Waals surface area contributed by atoms with Crippen molar-refractivity contribution in [1.82, 2.24) is 19.6 Å². The number of rotatable bonds is 5. The average Bonchev–Trinajstić information content (AvgIpc) is 2.63. The molecule has 6 nitrogen and oxygen atoms in total. The Morgan fingerprint density at radius 1 is 1.50 bits per heavy atom. The first-order valence-corrected chi connectivity index (χ1v) is 7.53. The molecular formula is C11H20N4O2S. The highest BCUT2D eigenvalue weighted by atomic mass is 32.2. The second kappa shape index (κ2) is 4.64. The number of hydrogen-bond acceptors (Lipinski definition) is 4. The molecule has 1 aromatic rings. The van der Waals surface area contributed by atoms with Crippen molar-refractivity contribution in [2.24, 2.45) is 0 Å². The van der Waals surface area contributed by atoms with E-state index < -0.39 is 10.0 Å². The fraction of sp³-hybridized carbons (Fsp3) is 0.727. The van der Waals surface area contributed by atoms with Gasteiger partial charge in [0.15, 0.2) is 5.03 Å². The molecule has 0 spiro atoms. The van der Waals surface area contributed by atoms with Crippen LogP contribution in [0.25, 0.3) is 0 Å². The van der Waals surface area contributed by atoms with Gasteiger partial charge >= 0.3 is 0 Å². The second-order valence-corrected chi connectivity index (χ2v) is 6.87. The van der Waals surface area contributed by atoms with Gasteiger partial charge in [-0.1, -0.05) is 0 Å². The predicted molar refractivity (Wildman–Crippen MR) is 68.8 cm³/mol. The zero-order valence-corrected chi connectivity index (χ0v) is 11.8. The summed E-state index contributed by atoms with van der Waals surface area (Å²) in [6, 6.07) is 0. The number of H-pyrrole nitrogens is 1. The molecule has 1 heterocycles. The Bertz CT molecular complexity index is 517. The van der Waals surface area contributed by atoms with Gasteiger partial charge in [0.1, 0.15) is 5.82 Å². The monoisotopic (exact) mass is 272 g/mol. The maximum atomic E-state index is 12.1. The SMILES string of the molecule is Cc1ncc(S(=O)(=O)NCC2(N(C)C)CCC2)[nH]1. The predicted octanol–water partition coefficient (Wildman–Crippen LogP) is 0.481. The van der Waals surface area contributed by atoms with Crippen molar-refractivity contribution in [3.05, 3.63) is 12.0 Å². The van der Waals surface area contributed by atoms with Gasteiger partial charge in [0.05, 0.1) is 6.20 Å². The molecule has 0 atom stereocenters. The third kappa shape index (κ3) is 2.43. The molecule has 102 valence electrons. The molecule has 0 radical (unpaired) electrons. The molecule has 1 aliphatic rings. The average molecular weight is 272 g/mol. The number of nitrogens with zero attached hydrogens (tertiary/aromatic N) is 2. The summed E-state index contributed by atoms with van der Waals surface area (Å²) in [4.78, 5) is 8.76. The van der Waals surface area contributed by atoms with Crippen molar-refractivity contribution >= 4 is 10.0 Å². The van der Waals surface area contributed by atoms with Gasteiger partial charge in [-0.05, 0) is 40.3 Å². The standard InChI is InChI=1S/C11H20N4O2S/c1-9-12-7-10(14-9)18(16,17)13-8-11(15(2)3)5-4-6-11/h7,13H,4-6,8H2,1-3H3,(H,12,14). The molecule has 0 aromatic carbocycles. The van der Waals surface area contributed by atoms with Gasteiger partial charge in [-0.3, -0.25) is 0 Å². The first-order chi connectivity index (χ1) is 8.36. The van der Waals surface area contributed by atoms with E-state index >= 15 is 0 Å². The van der Waals surface area contributed by atoms with Crippen LogP contribution in [0.4, 0.5) is 0 Å². The van der Waals surface area contributed by atoms with Crippen molar-refractivity contribution in [1.29, 1.82) is 0 Å². The molecule has 18 heavy (non-hydrogen) atoms. The maximum absolute atomic E-state index is 12.1. The van der Waals surface area contributed by atoms with Gasteiger partial charge in [-0.15, -0.1) is 0 Å². The molecule has 0 bridgehead atoms. The highest BCUT2D eigenvalue weighted by Crippen LogP contribution is 2.35. The van der Waals surface area contributed by atoms with Crippen LogP contribution in [0, 0.1) is 6.92 Å². The lowest BCUT2D eigenvalue weighted by Gasteiger charge is -2.47. The minimum Gasteiger partial charge on any atom is -0.332 e. The fourth-order valence-electron chi connectivity index (χ4n) is 2.21. The molecule has 0 aliphatic heterocycles. The highest BCUT2D eigenvalue weighted by Gasteiger charge is 2.39. The lowest BCUT2D eigenvalue weighted by Crippen LogP contribution is -2.57.